The quantitative estimate of drug-likeness (QED) is 0.783. The molecule has 0 fully saturated rings. The van der Waals surface area contributed by atoms with Crippen LogP contribution in [0.2, 0.25) is 0 Å². The van der Waals surface area contributed by atoms with Crippen LogP contribution < -0.4 is 15.0 Å². The van der Waals surface area contributed by atoms with Gasteiger partial charge in [0.05, 0.1) is 12.2 Å². The molecular weight excluding hydrogens is 366 g/mol. The first-order valence-electron chi connectivity index (χ1n) is 10.1. The van der Waals surface area contributed by atoms with Crippen LogP contribution in [0.25, 0.3) is 0 Å². The number of nitrogens with zero attached hydrogens (tertiary/aromatic N) is 2. The van der Waals surface area contributed by atoms with E-state index in [2.05, 4.69) is 36.2 Å². The van der Waals surface area contributed by atoms with Gasteiger partial charge < -0.3 is 15.0 Å². The fraction of sp³-hybridized carbons (Fsp3) is 0.391. The van der Waals surface area contributed by atoms with Crippen LogP contribution in [0.3, 0.4) is 0 Å². The van der Waals surface area contributed by atoms with E-state index < -0.39 is 6.10 Å². The molecule has 1 N–H and O–H groups in total. The Morgan fingerprint density at radius 1 is 1.07 bits per heavy atom. The SMILES string of the molecule is CCN(CC)Cc1ccc(CNC(=O)[C@@H]2CN(C(C)=O)c3ccccc3O2)cc1. The number of fused-ring (bicyclic) bond motifs is 1. The van der Waals surface area contributed by atoms with Crippen LogP contribution in [-0.4, -0.2) is 42.5 Å². The number of carbonyl (C=O) groups excluding carboxylic acids is 2. The Labute approximate surface area is 172 Å². The molecule has 29 heavy (non-hydrogen) atoms. The third-order valence-corrected chi connectivity index (χ3v) is 5.24. The molecule has 1 aliphatic rings. The fourth-order valence-corrected chi connectivity index (χ4v) is 3.44. The summed E-state index contributed by atoms with van der Waals surface area (Å²) in [6.07, 6.45) is -0.726. The van der Waals surface area contributed by atoms with E-state index in [0.29, 0.717) is 18.0 Å². The Hall–Kier alpha value is -2.86. The van der Waals surface area contributed by atoms with E-state index in [1.807, 2.05) is 30.3 Å². The summed E-state index contributed by atoms with van der Waals surface area (Å²) in [5.74, 6) is 0.218. The molecule has 1 aliphatic heterocycles. The molecule has 6 heteroatoms. The van der Waals surface area contributed by atoms with Crippen molar-refractivity contribution in [2.24, 2.45) is 0 Å². The minimum Gasteiger partial charge on any atom is -0.477 e. The molecule has 154 valence electrons. The molecule has 2 aromatic carbocycles. The maximum Gasteiger partial charge on any atom is 0.263 e. The van der Waals surface area contributed by atoms with Crippen LogP contribution in [-0.2, 0) is 22.7 Å². The maximum atomic E-state index is 12.7. The predicted molar refractivity (Wildman–Crippen MR) is 114 cm³/mol. The van der Waals surface area contributed by atoms with Gasteiger partial charge in [-0.25, -0.2) is 0 Å². The van der Waals surface area contributed by atoms with Crippen LogP contribution in [0, 0.1) is 0 Å². The number of anilines is 1. The van der Waals surface area contributed by atoms with Crippen molar-refractivity contribution in [3.63, 3.8) is 0 Å². The largest absolute Gasteiger partial charge is 0.477 e. The number of para-hydroxylation sites is 2. The van der Waals surface area contributed by atoms with Crippen molar-refractivity contribution in [2.75, 3.05) is 24.5 Å². The third kappa shape index (κ3) is 5.15. The fourth-order valence-electron chi connectivity index (χ4n) is 3.44. The minimum atomic E-state index is -0.726. The van der Waals surface area contributed by atoms with E-state index in [1.54, 1.807) is 11.0 Å². The monoisotopic (exact) mass is 395 g/mol. The number of hydrogen-bond acceptors (Lipinski definition) is 4. The highest BCUT2D eigenvalue weighted by molar-refractivity contribution is 5.95. The predicted octanol–water partition coefficient (Wildman–Crippen LogP) is 2.96. The highest BCUT2D eigenvalue weighted by atomic mass is 16.5. The Morgan fingerprint density at radius 2 is 1.72 bits per heavy atom. The van der Waals surface area contributed by atoms with Crippen molar-refractivity contribution in [1.82, 2.24) is 10.2 Å². The maximum absolute atomic E-state index is 12.7. The molecule has 1 atom stereocenters. The molecule has 0 saturated carbocycles. The molecule has 0 radical (unpaired) electrons. The number of benzene rings is 2. The molecule has 0 saturated heterocycles. The Balaban J connectivity index is 1.59. The summed E-state index contributed by atoms with van der Waals surface area (Å²) in [6, 6.07) is 15.6. The number of amides is 2. The van der Waals surface area contributed by atoms with Crippen LogP contribution in [0.15, 0.2) is 48.5 Å². The molecule has 6 nitrogen and oxygen atoms in total. The molecular formula is C23H29N3O3. The molecule has 0 spiro atoms. The first-order valence-corrected chi connectivity index (χ1v) is 10.1. The van der Waals surface area contributed by atoms with Crippen molar-refractivity contribution < 1.29 is 14.3 Å². The number of nitrogens with one attached hydrogen (secondary N) is 1. The number of hydrogen-bond donors (Lipinski definition) is 1. The van der Waals surface area contributed by atoms with Gasteiger partial charge >= 0.3 is 0 Å². The summed E-state index contributed by atoms with van der Waals surface area (Å²) in [5.41, 5.74) is 2.99. The first kappa shape index (κ1) is 20.9. The lowest BCUT2D eigenvalue weighted by molar-refractivity contribution is -0.128. The molecule has 3 rings (SSSR count). The lowest BCUT2D eigenvalue weighted by atomic mass is 10.1. The molecule has 2 aromatic rings. The van der Waals surface area contributed by atoms with E-state index in [1.165, 1.54) is 12.5 Å². The molecule has 0 aromatic heterocycles. The van der Waals surface area contributed by atoms with Crippen molar-refractivity contribution >= 4 is 17.5 Å². The van der Waals surface area contributed by atoms with Crippen molar-refractivity contribution in [3.05, 3.63) is 59.7 Å². The van der Waals surface area contributed by atoms with E-state index in [9.17, 15) is 9.59 Å². The highest BCUT2D eigenvalue weighted by Crippen LogP contribution is 2.33. The standard InChI is InChI=1S/C23H29N3O3/c1-4-25(5-2)15-19-12-10-18(11-13-19)14-24-23(28)22-16-26(17(3)27)20-8-6-7-9-21(20)29-22/h6-13,22H,4-5,14-16H2,1-3H3,(H,24,28)/t22-/m0/s1. The summed E-state index contributed by atoms with van der Waals surface area (Å²) >= 11 is 0. The van der Waals surface area contributed by atoms with Gasteiger partial charge in [-0.1, -0.05) is 50.2 Å². The number of rotatable bonds is 7. The molecule has 2 amide bonds. The minimum absolute atomic E-state index is 0.109. The Morgan fingerprint density at radius 3 is 2.38 bits per heavy atom. The Bertz CT molecular complexity index is 847. The van der Waals surface area contributed by atoms with Crippen molar-refractivity contribution in [1.29, 1.82) is 0 Å². The average Bonchev–Trinajstić information content (AvgIpc) is 2.75. The Kier molecular flexibility index (Phi) is 6.88. The van der Waals surface area contributed by atoms with Gasteiger partial charge in [-0.2, -0.15) is 0 Å². The van der Waals surface area contributed by atoms with Gasteiger partial charge in [0.25, 0.3) is 5.91 Å². The van der Waals surface area contributed by atoms with Gasteiger partial charge in [0.2, 0.25) is 5.91 Å². The zero-order valence-corrected chi connectivity index (χ0v) is 17.4. The van der Waals surface area contributed by atoms with Gasteiger partial charge in [-0.3, -0.25) is 14.5 Å². The topological polar surface area (TPSA) is 61.9 Å². The van der Waals surface area contributed by atoms with Crippen LogP contribution in [0.5, 0.6) is 5.75 Å². The second-order valence-electron chi connectivity index (χ2n) is 7.20. The van der Waals surface area contributed by atoms with Gasteiger partial charge in [-0.15, -0.1) is 0 Å². The lowest BCUT2D eigenvalue weighted by Crippen LogP contribution is -2.50. The second kappa shape index (κ2) is 9.56. The van der Waals surface area contributed by atoms with Gasteiger partial charge in [0, 0.05) is 20.0 Å². The third-order valence-electron chi connectivity index (χ3n) is 5.24. The zero-order valence-electron chi connectivity index (χ0n) is 17.4. The zero-order chi connectivity index (χ0) is 20.8. The van der Waals surface area contributed by atoms with Crippen molar-refractivity contribution in [2.45, 2.75) is 40.0 Å². The number of ether oxygens (including phenoxy) is 1. The molecule has 1 heterocycles. The van der Waals surface area contributed by atoms with Crippen LogP contribution >= 0.6 is 0 Å². The number of carbonyl (C=O) groups is 2. The normalized spacial score (nSPS) is 15.6. The summed E-state index contributed by atoms with van der Waals surface area (Å²) in [6.45, 7) is 9.42. The van der Waals surface area contributed by atoms with Gasteiger partial charge in [0.1, 0.15) is 5.75 Å². The van der Waals surface area contributed by atoms with Crippen LogP contribution in [0.4, 0.5) is 5.69 Å². The van der Waals surface area contributed by atoms with Crippen molar-refractivity contribution in [3.8, 4) is 5.75 Å². The second-order valence-corrected chi connectivity index (χ2v) is 7.20. The molecule has 0 unspecified atom stereocenters. The van der Waals surface area contributed by atoms with E-state index in [-0.39, 0.29) is 18.4 Å². The summed E-state index contributed by atoms with van der Waals surface area (Å²) in [7, 11) is 0. The van der Waals surface area contributed by atoms with E-state index in [0.717, 1.165) is 25.2 Å². The summed E-state index contributed by atoms with van der Waals surface area (Å²) in [5, 5.41) is 2.93. The first-order chi connectivity index (χ1) is 14.0. The van der Waals surface area contributed by atoms with Gasteiger partial charge in [0.15, 0.2) is 6.10 Å². The van der Waals surface area contributed by atoms with Gasteiger partial charge in [-0.05, 0) is 36.3 Å². The smallest absolute Gasteiger partial charge is 0.263 e. The summed E-state index contributed by atoms with van der Waals surface area (Å²) in [4.78, 5) is 28.6. The highest BCUT2D eigenvalue weighted by Gasteiger charge is 2.32. The summed E-state index contributed by atoms with van der Waals surface area (Å²) < 4.78 is 5.84. The van der Waals surface area contributed by atoms with E-state index in [4.69, 9.17) is 4.74 Å². The van der Waals surface area contributed by atoms with Crippen LogP contribution in [0.1, 0.15) is 31.9 Å². The van der Waals surface area contributed by atoms with E-state index >= 15 is 0 Å². The lowest BCUT2D eigenvalue weighted by Gasteiger charge is -2.33. The molecule has 0 aliphatic carbocycles. The average molecular weight is 396 g/mol. The molecule has 0 bridgehead atoms.